The molecule has 1 amide bonds. The van der Waals surface area contributed by atoms with Crippen molar-refractivity contribution < 1.29 is 28.6 Å². The molecule has 1 heterocycles. The fourth-order valence-corrected chi connectivity index (χ4v) is 2.38. The van der Waals surface area contributed by atoms with Crippen molar-refractivity contribution in [3.8, 4) is 17.2 Å². The second kappa shape index (κ2) is 8.45. The van der Waals surface area contributed by atoms with Gasteiger partial charge in [-0.15, -0.1) is 0 Å². The number of carbonyl (C=O) groups excluding carboxylic acids is 2. The second-order valence-electron chi connectivity index (χ2n) is 5.58. The monoisotopic (exact) mass is 402 g/mol. The first-order valence-corrected chi connectivity index (χ1v) is 8.38. The van der Waals surface area contributed by atoms with Crippen molar-refractivity contribution in [2.75, 3.05) is 13.2 Å². The maximum atomic E-state index is 12.5. The van der Waals surface area contributed by atoms with E-state index in [0.29, 0.717) is 10.8 Å². The number of hydrogen-bond acceptors (Lipinski definition) is 7. The fourth-order valence-electron chi connectivity index (χ4n) is 2.25. The summed E-state index contributed by atoms with van der Waals surface area (Å²) in [6.07, 6.45) is 1.18. The third-order valence-electron chi connectivity index (χ3n) is 3.56. The number of carboxylic acids is 1. The van der Waals surface area contributed by atoms with Gasteiger partial charge in [0.15, 0.2) is 6.61 Å². The molecule has 28 heavy (non-hydrogen) atoms. The standard InChI is InChI=1S/C19H14ClNO7/c20-11-1-3-12(4-2-11)28-16-9-27-15-7-13(5-6-14(15)19(16)25)26-10-17(22)21-8-18(23)24/h1-7,9H,8,10H2,(H,21,22)(H,23,24)/p-1. The molecule has 1 aromatic heterocycles. The maximum absolute atomic E-state index is 12.5. The van der Waals surface area contributed by atoms with Crippen LogP contribution in [0.3, 0.4) is 0 Å². The first-order chi connectivity index (χ1) is 13.4. The number of ether oxygens (including phenoxy) is 2. The van der Waals surface area contributed by atoms with Crippen LogP contribution in [0.5, 0.6) is 17.2 Å². The van der Waals surface area contributed by atoms with Crippen LogP contribution in [0.15, 0.2) is 57.9 Å². The fraction of sp³-hybridized carbons (Fsp3) is 0.105. The number of carboxylic acid groups (broad SMARTS) is 1. The summed E-state index contributed by atoms with van der Waals surface area (Å²) in [5, 5.41) is 13.2. The Morgan fingerprint density at radius 1 is 1.11 bits per heavy atom. The van der Waals surface area contributed by atoms with Crippen molar-refractivity contribution in [1.82, 2.24) is 5.32 Å². The Morgan fingerprint density at radius 2 is 1.82 bits per heavy atom. The molecule has 9 heteroatoms. The first-order valence-electron chi connectivity index (χ1n) is 8.01. The topological polar surface area (TPSA) is 118 Å². The number of rotatable bonds is 7. The number of aliphatic carboxylic acids is 1. The van der Waals surface area contributed by atoms with Gasteiger partial charge in [0.1, 0.15) is 23.3 Å². The number of nitrogens with one attached hydrogen (secondary N) is 1. The van der Waals surface area contributed by atoms with Crippen LogP contribution in [0, 0.1) is 0 Å². The summed E-state index contributed by atoms with van der Waals surface area (Å²) in [5.41, 5.74) is -0.143. The van der Waals surface area contributed by atoms with Crippen LogP contribution in [0.4, 0.5) is 0 Å². The van der Waals surface area contributed by atoms with Crippen LogP contribution in [-0.4, -0.2) is 25.0 Å². The normalized spacial score (nSPS) is 10.5. The first kappa shape index (κ1) is 19.2. The zero-order chi connectivity index (χ0) is 20.1. The Labute approximate surface area is 163 Å². The van der Waals surface area contributed by atoms with E-state index >= 15 is 0 Å². The van der Waals surface area contributed by atoms with Crippen molar-refractivity contribution in [1.29, 1.82) is 0 Å². The quantitative estimate of drug-likeness (QED) is 0.635. The van der Waals surface area contributed by atoms with Gasteiger partial charge in [0.25, 0.3) is 5.91 Å². The molecule has 2 aromatic carbocycles. The van der Waals surface area contributed by atoms with Gasteiger partial charge in [-0.1, -0.05) is 11.6 Å². The smallest absolute Gasteiger partial charge is 0.258 e. The van der Waals surface area contributed by atoms with E-state index in [2.05, 4.69) is 5.32 Å². The Morgan fingerprint density at radius 3 is 2.54 bits per heavy atom. The molecule has 3 rings (SSSR count). The molecule has 0 saturated heterocycles. The molecule has 144 valence electrons. The summed E-state index contributed by atoms with van der Waals surface area (Å²) >= 11 is 5.81. The highest BCUT2D eigenvalue weighted by Crippen LogP contribution is 2.24. The highest BCUT2D eigenvalue weighted by molar-refractivity contribution is 6.30. The van der Waals surface area contributed by atoms with Crippen LogP contribution in [0.2, 0.25) is 5.02 Å². The lowest BCUT2D eigenvalue weighted by atomic mass is 10.2. The lowest BCUT2D eigenvalue weighted by Gasteiger charge is -2.09. The van der Waals surface area contributed by atoms with E-state index in [9.17, 15) is 19.5 Å². The summed E-state index contributed by atoms with van der Waals surface area (Å²) < 4.78 is 16.2. The van der Waals surface area contributed by atoms with E-state index in [1.54, 1.807) is 24.3 Å². The molecule has 0 bridgehead atoms. The van der Waals surface area contributed by atoms with Gasteiger partial charge < -0.3 is 29.1 Å². The SMILES string of the molecule is O=C([O-])CNC(=O)COc1ccc2c(=O)c(Oc3ccc(Cl)cc3)coc2c1. The Balaban J connectivity index is 1.73. The van der Waals surface area contributed by atoms with Gasteiger partial charge in [0, 0.05) is 11.1 Å². The van der Waals surface area contributed by atoms with Gasteiger partial charge in [-0.05, 0) is 36.4 Å². The molecule has 0 radical (unpaired) electrons. The molecular formula is C19H13ClNO7-. The zero-order valence-electron chi connectivity index (χ0n) is 14.3. The molecule has 0 atom stereocenters. The van der Waals surface area contributed by atoms with Gasteiger partial charge in [-0.2, -0.15) is 0 Å². The van der Waals surface area contributed by atoms with E-state index in [4.69, 9.17) is 25.5 Å². The van der Waals surface area contributed by atoms with E-state index in [-0.39, 0.29) is 27.9 Å². The third-order valence-corrected chi connectivity index (χ3v) is 3.81. The van der Waals surface area contributed by atoms with Crippen LogP contribution in [-0.2, 0) is 9.59 Å². The maximum Gasteiger partial charge on any atom is 0.258 e. The van der Waals surface area contributed by atoms with Crippen molar-refractivity contribution in [2.45, 2.75) is 0 Å². The Kier molecular flexibility index (Phi) is 5.81. The lowest BCUT2D eigenvalue weighted by Crippen LogP contribution is -2.39. The molecule has 0 saturated carbocycles. The number of carbonyl (C=O) groups is 2. The van der Waals surface area contributed by atoms with Crippen LogP contribution >= 0.6 is 11.6 Å². The summed E-state index contributed by atoms with van der Waals surface area (Å²) in [5.74, 6) is -1.33. The number of amides is 1. The van der Waals surface area contributed by atoms with E-state index < -0.39 is 25.0 Å². The second-order valence-corrected chi connectivity index (χ2v) is 6.02. The number of fused-ring (bicyclic) bond motifs is 1. The predicted molar refractivity (Wildman–Crippen MR) is 97.5 cm³/mol. The van der Waals surface area contributed by atoms with Gasteiger partial charge in [0.2, 0.25) is 11.2 Å². The molecule has 0 aliphatic carbocycles. The van der Waals surface area contributed by atoms with Crippen LogP contribution in [0.1, 0.15) is 0 Å². The largest absolute Gasteiger partial charge is 0.548 e. The van der Waals surface area contributed by atoms with Crippen molar-refractivity contribution >= 4 is 34.4 Å². The van der Waals surface area contributed by atoms with Crippen LogP contribution in [0.25, 0.3) is 11.0 Å². The molecule has 8 nitrogen and oxygen atoms in total. The zero-order valence-corrected chi connectivity index (χ0v) is 15.0. The highest BCUT2D eigenvalue weighted by atomic mass is 35.5. The van der Waals surface area contributed by atoms with Crippen molar-refractivity contribution in [3.63, 3.8) is 0 Å². The molecular weight excluding hydrogens is 390 g/mol. The minimum absolute atomic E-state index is 0.00477. The molecule has 0 spiro atoms. The molecule has 0 fully saturated rings. The Hall–Kier alpha value is -3.52. The van der Waals surface area contributed by atoms with Gasteiger partial charge in [-0.25, -0.2) is 0 Å². The van der Waals surface area contributed by atoms with E-state index in [1.807, 2.05) is 0 Å². The predicted octanol–water partition coefficient (Wildman–Crippen LogP) is 1.48. The minimum atomic E-state index is -1.41. The van der Waals surface area contributed by atoms with Crippen molar-refractivity contribution in [3.05, 3.63) is 64.0 Å². The van der Waals surface area contributed by atoms with Gasteiger partial charge in [-0.3, -0.25) is 9.59 Å². The average Bonchev–Trinajstić information content (AvgIpc) is 2.68. The van der Waals surface area contributed by atoms with Crippen molar-refractivity contribution in [2.24, 2.45) is 0 Å². The molecule has 3 aromatic rings. The third kappa shape index (κ3) is 4.80. The molecule has 0 aliphatic heterocycles. The summed E-state index contributed by atoms with van der Waals surface area (Å²) in [7, 11) is 0. The van der Waals surface area contributed by atoms with Gasteiger partial charge in [0.05, 0.1) is 17.9 Å². The number of benzene rings is 2. The molecule has 0 unspecified atom stereocenters. The van der Waals surface area contributed by atoms with Gasteiger partial charge >= 0.3 is 0 Å². The summed E-state index contributed by atoms with van der Waals surface area (Å²) in [6.45, 7) is -1.01. The molecule has 1 N–H and O–H groups in total. The lowest BCUT2D eigenvalue weighted by molar-refractivity contribution is -0.304. The summed E-state index contributed by atoms with van der Waals surface area (Å²) in [6, 6.07) is 10.9. The number of halogens is 1. The van der Waals surface area contributed by atoms with Crippen LogP contribution < -0.4 is 25.3 Å². The van der Waals surface area contributed by atoms with E-state index in [1.165, 1.54) is 24.5 Å². The summed E-state index contributed by atoms with van der Waals surface area (Å²) in [4.78, 5) is 34.3. The highest BCUT2D eigenvalue weighted by Gasteiger charge is 2.11. The number of hydrogen-bond donors (Lipinski definition) is 1. The minimum Gasteiger partial charge on any atom is -0.548 e. The van der Waals surface area contributed by atoms with E-state index in [0.717, 1.165) is 0 Å². The Bertz CT molecular complexity index is 1080. The average molecular weight is 403 g/mol. The molecule has 0 aliphatic rings.